The van der Waals surface area contributed by atoms with Gasteiger partial charge in [0, 0.05) is 19.3 Å². The van der Waals surface area contributed by atoms with Gasteiger partial charge in [0.05, 0.1) is 6.61 Å². The van der Waals surface area contributed by atoms with Crippen molar-refractivity contribution in [1.82, 2.24) is 0 Å². The van der Waals surface area contributed by atoms with E-state index in [0.717, 1.165) is 141 Å². The van der Waals surface area contributed by atoms with Gasteiger partial charge < -0.3 is 39.0 Å². The van der Waals surface area contributed by atoms with Crippen LogP contribution in [0.5, 0.6) is 0 Å². The Morgan fingerprint density at radius 3 is 1.28 bits per heavy atom. The number of hydrogen-bond acceptors (Lipinski definition) is 11. The van der Waals surface area contributed by atoms with E-state index in [4.69, 9.17) is 23.7 Å². The zero-order valence-electron chi connectivity index (χ0n) is 47.0. The topological polar surface area (TPSA) is 175 Å². The molecule has 0 bridgehead atoms. The normalized spacial score (nSPS) is 18.8. The monoisotopic (exact) mass is 1050 g/mol. The minimum Gasteiger partial charge on any atom is -0.479 e. The van der Waals surface area contributed by atoms with Crippen LogP contribution in [0.15, 0.2) is 85.1 Å². The molecule has 1 rings (SSSR count). The van der Waals surface area contributed by atoms with Gasteiger partial charge in [0.15, 0.2) is 24.6 Å². The van der Waals surface area contributed by atoms with Crippen LogP contribution in [0.2, 0.25) is 0 Å². The zero-order chi connectivity index (χ0) is 54.7. The Morgan fingerprint density at radius 1 is 0.453 bits per heavy atom. The lowest BCUT2D eigenvalue weighted by atomic mass is 9.98. The highest BCUT2D eigenvalue weighted by Crippen LogP contribution is 2.26. The Hall–Kier alpha value is -4.10. The first-order valence-corrected chi connectivity index (χ1v) is 29.6. The average molecular weight is 1050 g/mol. The summed E-state index contributed by atoms with van der Waals surface area (Å²) in [5.41, 5.74) is 0. The molecule has 75 heavy (non-hydrogen) atoms. The molecule has 1 saturated heterocycles. The molecule has 1 heterocycles. The van der Waals surface area contributed by atoms with Crippen LogP contribution in [0, 0.1) is 0 Å². The average Bonchev–Trinajstić information content (AvgIpc) is 3.39. The number of esters is 3. The zero-order valence-corrected chi connectivity index (χ0v) is 47.0. The first-order chi connectivity index (χ1) is 36.6. The molecule has 0 aliphatic carbocycles. The summed E-state index contributed by atoms with van der Waals surface area (Å²) >= 11 is 0. The van der Waals surface area contributed by atoms with Gasteiger partial charge in [0.1, 0.15) is 18.8 Å². The highest BCUT2D eigenvalue weighted by molar-refractivity contribution is 5.74. The van der Waals surface area contributed by atoms with Gasteiger partial charge in [-0.2, -0.15) is 0 Å². The summed E-state index contributed by atoms with van der Waals surface area (Å²) in [7, 11) is 0. The predicted molar refractivity (Wildman–Crippen MR) is 303 cm³/mol. The lowest BCUT2D eigenvalue weighted by Gasteiger charge is -2.40. The molecular formula is C63H104O12. The first-order valence-electron chi connectivity index (χ1n) is 29.6. The Labute approximate surface area is 454 Å². The van der Waals surface area contributed by atoms with Crippen LogP contribution < -0.4 is 0 Å². The van der Waals surface area contributed by atoms with E-state index in [1.54, 1.807) is 0 Å². The van der Waals surface area contributed by atoms with Crippen molar-refractivity contribution in [2.24, 2.45) is 0 Å². The maximum atomic E-state index is 13.2. The smallest absolute Gasteiger partial charge is 0.335 e. The molecule has 428 valence electrons. The number of rotatable bonds is 49. The van der Waals surface area contributed by atoms with Gasteiger partial charge in [-0.3, -0.25) is 14.4 Å². The number of carboxylic acid groups (broad SMARTS) is 1. The number of aliphatic hydroxyl groups is 2. The van der Waals surface area contributed by atoms with Crippen LogP contribution >= 0.6 is 0 Å². The van der Waals surface area contributed by atoms with Crippen molar-refractivity contribution in [3.63, 3.8) is 0 Å². The van der Waals surface area contributed by atoms with Crippen molar-refractivity contribution in [1.29, 1.82) is 0 Å². The van der Waals surface area contributed by atoms with Crippen LogP contribution in [-0.2, 0) is 42.9 Å². The van der Waals surface area contributed by atoms with Crippen LogP contribution in [-0.4, -0.2) is 89.2 Å². The molecule has 0 spiro atoms. The lowest BCUT2D eigenvalue weighted by molar-refractivity contribution is -0.301. The fraction of sp³-hybridized carbons (Fsp3) is 0.714. The van der Waals surface area contributed by atoms with Crippen molar-refractivity contribution < 1.29 is 58.2 Å². The molecule has 0 saturated carbocycles. The number of ether oxygens (including phenoxy) is 5. The molecule has 1 aliphatic heterocycles. The summed E-state index contributed by atoms with van der Waals surface area (Å²) in [5.74, 6) is -3.16. The number of aliphatic carboxylic acids is 1. The van der Waals surface area contributed by atoms with Crippen molar-refractivity contribution in [3.8, 4) is 0 Å². The molecule has 0 amide bonds. The van der Waals surface area contributed by atoms with Gasteiger partial charge in [0.25, 0.3) is 0 Å². The van der Waals surface area contributed by atoms with Crippen molar-refractivity contribution in [2.45, 2.75) is 276 Å². The van der Waals surface area contributed by atoms with E-state index >= 15 is 0 Å². The summed E-state index contributed by atoms with van der Waals surface area (Å²) in [6.45, 7) is 5.73. The molecular weight excluding hydrogens is 949 g/mol. The Balaban J connectivity index is 2.71. The van der Waals surface area contributed by atoms with Crippen LogP contribution in [0.1, 0.15) is 239 Å². The van der Waals surface area contributed by atoms with E-state index in [9.17, 15) is 34.5 Å². The van der Waals surface area contributed by atoms with Crippen molar-refractivity contribution >= 4 is 23.9 Å². The van der Waals surface area contributed by atoms with E-state index in [1.165, 1.54) is 38.5 Å². The third kappa shape index (κ3) is 40.8. The summed E-state index contributed by atoms with van der Waals surface area (Å²) in [4.78, 5) is 51.1. The van der Waals surface area contributed by atoms with Gasteiger partial charge in [-0.15, -0.1) is 0 Å². The Morgan fingerprint density at radius 2 is 0.840 bits per heavy atom. The SMILES string of the molecule is CC/C=C\C/C=C\C/C=C\C/C=C\CCCCCCC(=O)OCC(COC1OC(C(=O)O)C(O)C(O)C1OC(=O)CCCCCCCCCCCCC)OC(=O)CCCCCCCCC/C=C\C/C=C\C/C=C\CC. The maximum Gasteiger partial charge on any atom is 0.335 e. The van der Waals surface area contributed by atoms with Crippen molar-refractivity contribution in [3.05, 3.63) is 85.1 Å². The molecule has 0 aromatic rings. The van der Waals surface area contributed by atoms with Crippen LogP contribution in [0.3, 0.4) is 0 Å². The summed E-state index contributed by atoms with van der Waals surface area (Å²) < 4.78 is 28.4. The molecule has 12 nitrogen and oxygen atoms in total. The molecule has 1 fully saturated rings. The fourth-order valence-corrected chi connectivity index (χ4v) is 8.49. The number of hydrogen-bond donors (Lipinski definition) is 3. The second kappa shape index (κ2) is 50.7. The van der Waals surface area contributed by atoms with Gasteiger partial charge in [-0.1, -0.05) is 215 Å². The third-order valence-corrected chi connectivity index (χ3v) is 13.0. The first kappa shape index (κ1) is 68.9. The van der Waals surface area contributed by atoms with E-state index in [-0.39, 0.29) is 25.9 Å². The second-order valence-corrected chi connectivity index (χ2v) is 19.9. The minimum absolute atomic E-state index is 0.0562. The van der Waals surface area contributed by atoms with Gasteiger partial charge in [-0.05, 0) is 89.9 Å². The number of carboxylic acids is 1. The molecule has 6 unspecified atom stereocenters. The van der Waals surface area contributed by atoms with Gasteiger partial charge >= 0.3 is 23.9 Å². The molecule has 0 aromatic heterocycles. The second-order valence-electron chi connectivity index (χ2n) is 19.9. The third-order valence-electron chi connectivity index (χ3n) is 13.0. The number of allylic oxidation sites excluding steroid dienone is 14. The molecule has 0 radical (unpaired) electrons. The number of carbonyl (C=O) groups excluding carboxylic acids is 3. The van der Waals surface area contributed by atoms with Crippen LogP contribution in [0.4, 0.5) is 0 Å². The molecule has 6 atom stereocenters. The molecule has 12 heteroatoms. The number of carbonyl (C=O) groups is 4. The van der Waals surface area contributed by atoms with E-state index in [0.29, 0.717) is 19.3 Å². The van der Waals surface area contributed by atoms with Gasteiger partial charge in [-0.25, -0.2) is 4.79 Å². The number of unbranched alkanes of at least 4 members (excludes halogenated alkanes) is 21. The Bertz CT molecular complexity index is 1630. The summed E-state index contributed by atoms with van der Waals surface area (Å²) in [6, 6.07) is 0. The van der Waals surface area contributed by atoms with E-state index in [1.807, 2.05) is 0 Å². The fourth-order valence-electron chi connectivity index (χ4n) is 8.49. The standard InChI is InChI=1S/C63H104O12/c1-4-7-10-13-16-19-22-24-26-28-30-32-35-37-40-43-46-49-55(64)71-52-54(73-56(65)50-47-44-41-39-36-33-31-29-27-25-23-20-17-14-11-8-5-2)53-72-63-61(59(68)58(67)60(75-63)62(69)70)74-57(66)51-48-45-42-38-34-21-18-15-12-9-6-3/h7-8,10-11,16-17,19-20,24-27,30,32,54,58-61,63,67-68H,4-6,9,12-15,18,21-23,28-29,31,33-53H2,1-3H3,(H,69,70)/b10-7-,11-8-,19-16-,20-17-,26-24-,27-25-,32-30-. The van der Waals surface area contributed by atoms with E-state index < -0.39 is 67.3 Å². The molecule has 0 aromatic carbocycles. The number of aliphatic hydroxyl groups excluding tert-OH is 2. The molecule has 1 aliphatic rings. The van der Waals surface area contributed by atoms with Gasteiger partial charge in [0.2, 0.25) is 0 Å². The predicted octanol–water partition coefficient (Wildman–Crippen LogP) is 15.1. The van der Waals surface area contributed by atoms with E-state index in [2.05, 4.69) is 106 Å². The minimum atomic E-state index is -1.91. The van der Waals surface area contributed by atoms with Crippen molar-refractivity contribution in [2.75, 3.05) is 13.2 Å². The summed E-state index contributed by atoms with van der Waals surface area (Å²) in [6.07, 6.45) is 52.7. The maximum absolute atomic E-state index is 13.2. The molecule has 3 N–H and O–H groups in total. The van der Waals surface area contributed by atoms with Crippen LogP contribution in [0.25, 0.3) is 0 Å². The quantitative estimate of drug-likeness (QED) is 0.0228. The largest absolute Gasteiger partial charge is 0.479 e. The highest BCUT2D eigenvalue weighted by atomic mass is 16.7. The summed E-state index contributed by atoms with van der Waals surface area (Å²) in [5, 5.41) is 31.4. The lowest BCUT2D eigenvalue weighted by Crippen LogP contribution is -2.61. The Kier molecular flexibility index (Phi) is 46.6. The highest BCUT2D eigenvalue weighted by Gasteiger charge is 2.50.